The molecule has 1 aromatic carbocycles. The van der Waals surface area contributed by atoms with Gasteiger partial charge in [-0.15, -0.1) is 0 Å². The number of carboxylic acids is 1. The lowest BCUT2D eigenvalue weighted by molar-refractivity contribution is -0.134. The first-order valence-electron chi connectivity index (χ1n) is 6.91. The number of rotatable bonds is 6. The predicted molar refractivity (Wildman–Crippen MR) is 88.9 cm³/mol. The van der Waals surface area contributed by atoms with Gasteiger partial charge in [-0.05, 0) is 30.7 Å². The zero-order valence-corrected chi connectivity index (χ0v) is 13.5. The van der Waals surface area contributed by atoms with Crippen LogP contribution in [-0.4, -0.2) is 22.6 Å². The second kappa shape index (κ2) is 7.33. The lowest BCUT2D eigenvalue weighted by Crippen LogP contribution is -2.14. The summed E-state index contributed by atoms with van der Waals surface area (Å²) in [5.41, 5.74) is 12.6. The zero-order valence-electron chi connectivity index (χ0n) is 12.8. The number of nitrogens with one attached hydrogen (secondary N) is 1. The molecule has 0 atom stereocenters. The molecule has 0 aliphatic rings. The van der Waals surface area contributed by atoms with Crippen LogP contribution in [0.4, 0.5) is 15.9 Å². The number of hydrogen-bond donors (Lipinski definition) is 4. The minimum atomic E-state index is -1.14. The molecule has 2 aromatic rings. The van der Waals surface area contributed by atoms with E-state index >= 15 is 0 Å². The molecule has 0 fully saturated rings. The molecule has 0 aliphatic heterocycles. The van der Waals surface area contributed by atoms with Gasteiger partial charge in [0.2, 0.25) is 5.95 Å². The SMILES string of the molecule is Cc1c(F)nc(NCC(=O)O)c(Cl)c1Oc1ccc(N)c(CN)c1. The van der Waals surface area contributed by atoms with Crippen molar-refractivity contribution in [3.05, 3.63) is 40.3 Å². The lowest BCUT2D eigenvalue weighted by Gasteiger charge is -2.15. The quantitative estimate of drug-likeness (QED) is 0.464. The summed E-state index contributed by atoms with van der Waals surface area (Å²) in [7, 11) is 0. The number of pyridine rings is 1. The Balaban J connectivity index is 2.40. The molecule has 24 heavy (non-hydrogen) atoms. The highest BCUT2D eigenvalue weighted by Gasteiger charge is 2.19. The average Bonchev–Trinajstić information content (AvgIpc) is 2.55. The van der Waals surface area contributed by atoms with E-state index in [0.29, 0.717) is 17.0 Å². The van der Waals surface area contributed by atoms with E-state index in [1.54, 1.807) is 18.2 Å². The van der Waals surface area contributed by atoms with Gasteiger partial charge < -0.3 is 26.6 Å². The molecule has 0 unspecified atom stereocenters. The van der Waals surface area contributed by atoms with E-state index in [2.05, 4.69) is 10.3 Å². The molecular formula is C15H16ClFN4O3. The molecule has 0 aliphatic carbocycles. The van der Waals surface area contributed by atoms with Crippen LogP contribution in [0.2, 0.25) is 5.02 Å². The van der Waals surface area contributed by atoms with Crippen LogP contribution < -0.4 is 21.5 Å². The van der Waals surface area contributed by atoms with Crippen molar-refractivity contribution in [2.45, 2.75) is 13.5 Å². The van der Waals surface area contributed by atoms with Crippen LogP contribution in [0.25, 0.3) is 0 Å². The number of nitrogen functional groups attached to an aromatic ring is 1. The lowest BCUT2D eigenvalue weighted by atomic mass is 10.1. The minimum absolute atomic E-state index is 0.0266. The smallest absolute Gasteiger partial charge is 0.322 e. The number of hydrogen-bond acceptors (Lipinski definition) is 6. The number of carbonyl (C=O) groups is 1. The third-order valence-electron chi connectivity index (χ3n) is 3.23. The topological polar surface area (TPSA) is 123 Å². The molecule has 0 radical (unpaired) electrons. The Hall–Kier alpha value is -2.58. The van der Waals surface area contributed by atoms with Crippen molar-refractivity contribution in [1.82, 2.24) is 4.98 Å². The van der Waals surface area contributed by atoms with Crippen molar-refractivity contribution in [2.75, 3.05) is 17.6 Å². The van der Waals surface area contributed by atoms with Crippen LogP contribution in [0, 0.1) is 12.9 Å². The summed E-state index contributed by atoms with van der Waals surface area (Å²) in [5, 5.41) is 11.1. The molecule has 0 saturated carbocycles. The van der Waals surface area contributed by atoms with Gasteiger partial charge >= 0.3 is 5.97 Å². The first-order valence-corrected chi connectivity index (χ1v) is 7.28. The molecule has 9 heteroatoms. The maximum Gasteiger partial charge on any atom is 0.322 e. The van der Waals surface area contributed by atoms with Gasteiger partial charge in [-0.3, -0.25) is 4.79 Å². The van der Waals surface area contributed by atoms with E-state index in [0.717, 1.165) is 0 Å². The van der Waals surface area contributed by atoms with Crippen molar-refractivity contribution in [3.63, 3.8) is 0 Å². The normalized spacial score (nSPS) is 10.5. The molecule has 6 N–H and O–H groups in total. The first kappa shape index (κ1) is 17.8. The Labute approximate surface area is 142 Å². The number of carboxylic acid groups (broad SMARTS) is 1. The third kappa shape index (κ3) is 3.84. The van der Waals surface area contributed by atoms with Crippen molar-refractivity contribution in [2.24, 2.45) is 5.73 Å². The Morgan fingerprint density at radius 1 is 1.50 bits per heavy atom. The van der Waals surface area contributed by atoms with Gasteiger partial charge in [0.1, 0.15) is 17.3 Å². The van der Waals surface area contributed by atoms with Gasteiger partial charge in [0.15, 0.2) is 11.6 Å². The molecule has 0 spiro atoms. The first-order chi connectivity index (χ1) is 11.3. The number of ether oxygens (including phenoxy) is 1. The van der Waals surface area contributed by atoms with Crippen molar-refractivity contribution in [1.29, 1.82) is 0 Å². The number of aromatic nitrogens is 1. The number of nitrogens with zero attached hydrogens (tertiary/aromatic N) is 1. The van der Waals surface area contributed by atoms with E-state index in [1.807, 2.05) is 0 Å². The molecule has 0 bridgehead atoms. The number of benzene rings is 1. The van der Waals surface area contributed by atoms with Crippen molar-refractivity contribution >= 4 is 29.1 Å². The standard InChI is InChI=1S/C15H16ClFN4O3/c1-7-13(24-9-2-3-10(19)8(4-9)5-18)12(16)15(21-14(7)17)20-6-11(22)23/h2-4H,5-6,18-19H2,1H3,(H,20,21)(H,22,23). The van der Waals surface area contributed by atoms with Gasteiger partial charge in [0, 0.05) is 17.8 Å². The molecule has 0 amide bonds. The van der Waals surface area contributed by atoms with E-state index in [-0.39, 0.29) is 28.7 Å². The van der Waals surface area contributed by atoms with Gasteiger partial charge in [-0.2, -0.15) is 4.39 Å². The summed E-state index contributed by atoms with van der Waals surface area (Å²) in [5.74, 6) is -1.68. The van der Waals surface area contributed by atoms with Crippen LogP contribution >= 0.6 is 11.6 Å². The highest BCUT2D eigenvalue weighted by atomic mass is 35.5. The average molecular weight is 355 g/mol. The largest absolute Gasteiger partial charge is 0.480 e. The Morgan fingerprint density at radius 3 is 2.83 bits per heavy atom. The molecule has 128 valence electrons. The molecule has 1 heterocycles. The van der Waals surface area contributed by atoms with E-state index in [1.165, 1.54) is 6.92 Å². The number of nitrogens with two attached hydrogens (primary N) is 2. The summed E-state index contributed by atoms with van der Waals surface area (Å²) >= 11 is 6.17. The summed E-state index contributed by atoms with van der Waals surface area (Å²) in [6, 6.07) is 4.82. The minimum Gasteiger partial charge on any atom is -0.480 e. The molecule has 7 nitrogen and oxygen atoms in total. The van der Waals surface area contributed by atoms with Crippen LogP contribution in [0.15, 0.2) is 18.2 Å². The highest BCUT2D eigenvalue weighted by molar-refractivity contribution is 6.34. The van der Waals surface area contributed by atoms with Crippen LogP contribution in [0.3, 0.4) is 0 Å². The van der Waals surface area contributed by atoms with Crippen LogP contribution in [0.1, 0.15) is 11.1 Å². The predicted octanol–water partition coefficient (Wildman–Crippen LogP) is 2.51. The maximum atomic E-state index is 14.0. The van der Waals surface area contributed by atoms with E-state index in [9.17, 15) is 9.18 Å². The maximum absolute atomic E-state index is 14.0. The Morgan fingerprint density at radius 2 is 2.21 bits per heavy atom. The second-order valence-electron chi connectivity index (χ2n) is 4.93. The molecule has 2 rings (SSSR count). The summed E-state index contributed by atoms with van der Waals surface area (Å²) in [4.78, 5) is 14.2. The van der Waals surface area contributed by atoms with E-state index in [4.69, 9.17) is 32.9 Å². The fraction of sp³-hybridized carbons (Fsp3) is 0.200. The number of halogens is 2. The Bertz CT molecular complexity index is 786. The summed E-state index contributed by atoms with van der Waals surface area (Å²) in [6.45, 7) is 1.20. The monoisotopic (exact) mass is 354 g/mol. The van der Waals surface area contributed by atoms with Gasteiger partial charge in [0.25, 0.3) is 0 Å². The fourth-order valence-corrected chi connectivity index (χ4v) is 2.22. The summed E-state index contributed by atoms with van der Waals surface area (Å²) in [6.07, 6.45) is 0. The van der Waals surface area contributed by atoms with Crippen LogP contribution in [-0.2, 0) is 11.3 Å². The van der Waals surface area contributed by atoms with Crippen LogP contribution in [0.5, 0.6) is 11.5 Å². The van der Waals surface area contributed by atoms with E-state index < -0.39 is 18.5 Å². The number of aliphatic carboxylic acids is 1. The van der Waals surface area contributed by atoms with Gasteiger partial charge in [-0.25, -0.2) is 4.98 Å². The second-order valence-corrected chi connectivity index (χ2v) is 5.31. The van der Waals surface area contributed by atoms with Crippen molar-refractivity contribution < 1.29 is 19.0 Å². The zero-order chi connectivity index (χ0) is 17.9. The third-order valence-corrected chi connectivity index (χ3v) is 3.58. The summed E-state index contributed by atoms with van der Waals surface area (Å²) < 4.78 is 19.6. The van der Waals surface area contributed by atoms with Gasteiger partial charge in [0.05, 0.1) is 0 Å². The van der Waals surface area contributed by atoms with Gasteiger partial charge in [-0.1, -0.05) is 11.6 Å². The molecule has 1 aromatic heterocycles. The Kier molecular flexibility index (Phi) is 5.42. The molecule has 0 saturated heterocycles. The number of anilines is 2. The molecular weight excluding hydrogens is 339 g/mol. The highest BCUT2D eigenvalue weighted by Crippen LogP contribution is 2.38. The van der Waals surface area contributed by atoms with Crippen molar-refractivity contribution in [3.8, 4) is 11.5 Å². The fourth-order valence-electron chi connectivity index (χ4n) is 1.93.